The van der Waals surface area contributed by atoms with Gasteiger partial charge in [0.2, 0.25) is 9.84 Å². The molecule has 0 bridgehead atoms. The smallest absolute Gasteiger partial charge is 0.206 e. The lowest BCUT2D eigenvalue weighted by molar-refractivity contribution is 0.104. The monoisotopic (exact) mass is 482 g/mol. The van der Waals surface area contributed by atoms with Gasteiger partial charge in [0.25, 0.3) is 0 Å². The molecule has 0 radical (unpaired) electrons. The Hall–Kier alpha value is -1.22. The lowest BCUT2D eigenvalue weighted by Crippen LogP contribution is -2.19. The predicted molar refractivity (Wildman–Crippen MR) is 112 cm³/mol. The molecular formula is C19H21Cl3O6S. The van der Waals surface area contributed by atoms with E-state index in [1.807, 2.05) is 6.92 Å². The van der Waals surface area contributed by atoms with Crippen LogP contribution in [-0.2, 0) is 9.84 Å². The molecule has 0 saturated carbocycles. The van der Waals surface area contributed by atoms with Crippen molar-refractivity contribution < 1.29 is 28.1 Å². The van der Waals surface area contributed by atoms with E-state index in [1.165, 1.54) is 36.4 Å². The lowest BCUT2D eigenvalue weighted by Gasteiger charge is -2.14. The van der Waals surface area contributed by atoms with Gasteiger partial charge in [-0.25, -0.2) is 8.42 Å². The van der Waals surface area contributed by atoms with E-state index in [1.54, 1.807) is 0 Å². The summed E-state index contributed by atoms with van der Waals surface area (Å²) in [6.45, 7) is 1.81. The third kappa shape index (κ3) is 6.38. The Labute approximate surface area is 184 Å². The molecule has 0 aromatic heterocycles. The van der Waals surface area contributed by atoms with Crippen LogP contribution in [0.2, 0.25) is 10.0 Å². The van der Waals surface area contributed by atoms with E-state index in [2.05, 4.69) is 0 Å². The molecule has 0 fully saturated rings. The molecule has 2 aromatic carbocycles. The molecule has 2 aromatic rings. The Morgan fingerprint density at radius 2 is 1.48 bits per heavy atom. The van der Waals surface area contributed by atoms with Crippen molar-refractivity contribution in [3.63, 3.8) is 0 Å². The second kappa shape index (κ2) is 10.7. The molecule has 2 N–H and O–H groups in total. The van der Waals surface area contributed by atoms with E-state index in [0.29, 0.717) is 12.2 Å². The van der Waals surface area contributed by atoms with Gasteiger partial charge in [0.05, 0.1) is 31.8 Å². The van der Waals surface area contributed by atoms with Crippen molar-refractivity contribution in [2.45, 2.75) is 35.3 Å². The lowest BCUT2D eigenvalue weighted by atomic mass is 10.3. The summed E-state index contributed by atoms with van der Waals surface area (Å²) in [5.74, 6) is 0.475. The van der Waals surface area contributed by atoms with Gasteiger partial charge in [0, 0.05) is 0 Å². The number of rotatable bonds is 10. The van der Waals surface area contributed by atoms with Crippen LogP contribution in [-0.4, -0.2) is 49.9 Å². The molecule has 29 heavy (non-hydrogen) atoms. The zero-order valence-electron chi connectivity index (χ0n) is 15.5. The molecule has 6 nitrogen and oxygen atoms in total. The molecule has 2 rings (SSSR count). The van der Waals surface area contributed by atoms with Crippen molar-refractivity contribution in [1.29, 1.82) is 0 Å². The zero-order chi connectivity index (χ0) is 21.6. The number of aliphatic hydroxyl groups is 2. The number of benzene rings is 2. The number of halogens is 3. The summed E-state index contributed by atoms with van der Waals surface area (Å²) in [5, 5.41) is 19.0. The Kier molecular flexibility index (Phi) is 8.88. The minimum atomic E-state index is -3.89. The Balaban J connectivity index is 2.22. The molecule has 0 aliphatic carbocycles. The van der Waals surface area contributed by atoms with Gasteiger partial charge in [0.1, 0.15) is 25.1 Å². The maximum Gasteiger partial charge on any atom is 0.206 e. The molecule has 0 saturated heterocycles. The van der Waals surface area contributed by atoms with Crippen molar-refractivity contribution in [2.75, 3.05) is 19.1 Å². The van der Waals surface area contributed by atoms with Crippen molar-refractivity contribution in [2.24, 2.45) is 0 Å². The maximum atomic E-state index is 12.9. The third-order valence-corrected chi connectivity index (χ3v) is 6.59. The van der Waals surface area contributed by atoms with E-state index >= 15 is 0 Å². The molecule has 0 spiro atoms. The number of hydrogen-bond acceptors (Lipinski definition) is 6. The molecule has 0 heterocycles. The van der Waals surface area contributed by atoms with E-state index in [0.717, 1.165) is 0 Å². The average molecular weight is 484 g/mol. The topological polar surface area (TPSA) is 93.1 Å². The van der Waals surface area contributed by atoms with Crippen LogP contribution in [0.3, 0.4) is 0 Å². The second-order valence-electron chi connectivity index (χ2n) is 6.18. The normalized spacial score (nSPS) is 13.7. The Bertz CT molecular complexity index is 895. The quantitative estimate of drug-likeness (QED) is 0.497. The fourth-order valence-corrected chi connectivity index (χ4v) is 4.34. The minimum Gasteiger partial charge on any atom is -0.491 e. The van der Waals surface area contributed by atoms with Crippen LogP contribution < -0.4 is 9.47 Å². The van der Waals surface area contributed by atoms with Crippen LogP contribution >= 0.6 is 34.8 Å². The summed E-state index contributed by atoms with van der Waals surface area (Å²) in [5.41, 5.74) is 0. The fourth-order valence-electron chi connectivity index (χ4n) is 2.22. The van der Waals surface area contributed by atoms with Crippen molar-refractivity contribution in [3.05, 3.63) is 46.4 Å². The molecule has 10 heteroatoms. The molecule has 0 aliphatic rings. The van der Waals surface area contributed by atoms with Crippen molar-refractivity contribution in [3.8, 4) is 11.5 Å². The summed E-state index contributed by atoms with van der Waals surface area (Å²) < 4.78 is 36.5. The van der Waals surface area contributed by atoms with Crippen LogP contribution in [0.15, 0.2) is 46.2 Å². The predicted octanol–water partition coefficient (Wildman–Crippen LogP) is 3.95. The van der Waals surface area contributed by atoms with Gasteiger partial charge in [-0.2, -0.15) is 0 Å². The number of sulfone groups is 1. The summed E-state index contributed by atoms with van der Waals surface area (Å²) in [6, 6.07) is 8.26. The number of hydrogen-bond donors (Lipinski definition) is 2. The third-order valence-electron chi connectivity index (χ3n) is 3.93. The van der Waals surface area contributed by atoms with Crippen LogP contribution in [0, 0.1) is 0 Å². The fraction of sp³-hybridized carbons (Fsp3) is 0.368. The zero-order valence-corrected chi connectivity index (χ0v) is 18.6. The second-order valence-corrected chi connectivity index (χ2v) is 9.26. The number of aliphatic hydroxyl groups excluding tert-OH is 2. The summed E-state index contributed by atoms with van der Waals surface area (Å²) >= 11 is 17.8. The van der Waals surface area contributed by atoms with Gasteiger partial charge in [-0.05, 0) is 42.8 Å². The van der Waals surface area contributed by atoms with Gasteiger partial charge in [-0.15, -0.1) is 11.6 Å². The number of ether oxygens (including phenoxy) is 2. The van der Waals surface area contributed by atoms with Gasteiger partial charge >= 0.3 is 0 Å². The average Bonchev–Trinajstić information content (AvgIpc) is 2.71. The van der Waals surface area contributed by atoms with E-state index < -0.39 is 22.0 Å². The first kappa shape index (κ1) is 24.1. The van der Waals surface area contributed by atoms with Crippen LogP contribution in [0.4, 0.5) is 0 Å². The van der Waals surface area contributed by atoms with Crippen molar-refractivity contribution in [1.82, 2.24) is 0 Å². The molecule has 2 atom stereocenters. The Morgan fingerprint density at radius 3 is 2.00 bits per heavy atom. The minimum absolute atomic E-state index is 0.00801. The SMILES string of the molecule is CC[C@H](O)COc1ccc(S(=O)(=O)c2cc(Cl)c(OC[C@H](O)CCl)c(Cl)c2)cc1. The first-order valence-electron chi connectivity index (χ1n) is 8.70. The highest BCUT2D eigenvalue weighted by Gasteiger charge is 2.22. The number of alkyl halides is 1. The van der Waals surface area contributed by atoms with Crippen LogP contribution in [0.25, 0.3) is 0 Å². The van der Waals surface area contributed by atoms with Gasteiger partial charge in [0.15, 0.2) is 5.75 Å². The molecule has 160 valence electrons. The van der Waals surface area contributed by atoms with Gasteiger partial charge < -0.3 is 19.7 Å². The van der Waals surface area contributed by atoms with Crippen molar-refractivity contribution >= 4 is 44.6 Å². The largest absolute Gasteiger partial charge is 0.491 e. The summed E-state index contributed by atoms with van der Waals surface area (Å²) in [4.78, 5) is -0.0768. The van der Waals surface area contributed by atoms with Crippen LogP contribution in [0.1, 0.15) is 13.3 Å². The van der Waals surface area contributed by atoms with E-state index in [4.69, 9.17) is 44.3 Å². The molecular weight excluding hydrogens is 463 g/mol. The van der Waals surface area contributed by atoms with E-state index in [-0.39, 0.29) is 44.7 Å². The summed E-state index contributed by atoms with van der Waals surface area (Å²) in [7, 11) is -3.89. The highest BCUT2D eigenvalue weighted by Crippen LogP contribution is 2.37. The first-order valence-corrected chi connectivity index (χ1v) is 11.5. The molecule has 0 unspecified atom stereocenters. The highest BCUT2D eigenvalue weighted by atomic mass is 35.5. The first-order chi connectivity index (χ1) is 13.7. The Morgan fingerprint density at radius 1 is 0.931 bits per heavy atom. The maximum absolute atomic E-state index is 12.9. The highest BCUT2D eigenvalue weighted by molar-refractivity contribution is 7.91. The van der Waals surface area contributed by atoms with Crippen LogP contribution in [0.5, 0.6) is 11.5 Å². The standard InChI is InChI=1S/C19H21Cl3O6S/c1-2-12(23)10-27-14-3-5-15(6-4-14)29(25,26)16-7-17(21)19(18(22)8-16)28-11-13(24)9-20/h3-8,12-13,23-24H,2,9-11H2,1H3/t12-,13+/m0/s1. The summed E-state index contributed by atoms with van der Waals surface area (Å²) in [6.07, 6.45) is -0.946. The molecule has 0 amide bonds. The van der Waals surface area contributed by atoms with E-state index in [9.17, 15) is 18.6 Å². The van der Waals surface area contributed by atoms with Gasteiger partial charge in [-0.1, -0.05) is 30.1 Å². The van der Waals surface area contributed by atoms with Gasteiger partial charge in [-0.3, -0.25) is 0 Å². The molecule has 0 aliphatic heterocycles.